The fraction of sp³-hybridized carbons (Fsp3) is 0. The highest BCUT2D eigenvalue weighted by Gasteiger charge is 2.01. The number of nitrogens with zero attached hydrogens (tertiary/aromatic N) is 2. The predicted octanol–water partition coefficient (Wildman–Crippen LogP) is 1.81. The third-order valence-electron chi connectivity index (χ3n) is 2.19. The third kappa shape index (κ3) is 2.17. The maximum atomic E-state index is 5.70. The number of nitrogens with two attached hydrogens (primary N) is 2. The highest BCUT2D eigenvalue weighted by atomic mass is 15.0. The Bertz CT molecular complexity index is 485. The second-order valence-electron chi connectivity index (χ2n) is 3.30. The van der Waals surface area contributed by atoms with Crippen LogP contribution >= 0.6 is 0 Å². The van der Waals surface area contributed by atoms with Gasteiger partial charge in [0.1, 0.15) is 18.0 Å². The zero-order chi connectivity index (χ0) is 11.4. The molecular weight excluding hydrogens is 200 g/mol. The van der Waals surface area contributed by atoms with Crippen molar-refractivity contribution in [3.05, 3.63) is 47.8 Å². The fourth-order valence-electron chi connectivity index (χ4n) is 1.34. The first kappa shape index (κ1) is 10.2. The highest BCUT2D eigenvalue weighted by Crippen LogP contribution is 2.17. The van der Waals surface area contributed by atoms with Gasteiger partial charge in [-0.1, -0.05) is 36.4 Å². The van der Waals surface area contributed by atoms with Crippen LogP contribution in [0.1, 0.15) is 11.1 Å². The molecule has 2 aromatic rings. The van der Waals surface area contributed by atoms with Crippen molar-refractivity contribution in [2.45, 2.75) is 0 Å². The third-order valence-corrected chi connectivity index (χ3v) is 2.19. The number of aromatic nitrogens is 2. The summed E-state index contributed by atoms with van der Waals surface area (Å²) in [6, 6.07) is 9.88. The molecule has 4 heteroatoms. The van der Waals surface area contributed by atoms with Gasteiger partial charge in [-0.3, -0.25) is 0 Å². The summed E-state index contributed by atoms with van der Waals surface area (Å²) < 4.78 is 0. The second kappa shape index (κ2) is 4.44. The van der Waals surface area contributed by atoms with E-state index in [0.717, 1.165) is 5.56 Å². The molecule has 16 heavy (non-hydrogen) atoms. The molecule has 0 radical (unpaired) electrons. The van der Waals surface area contributed by atoms with Gasteiger partial charge in [0.15, 0.2) is 0 Å². The first-order valence-electron chi connectivity index (χ1n) is 4.86. The van der Waals surface area contributed by atoms with Crippen molar-refractivity contribution in [2.24, 2.45) is 0 Å². The molecule has 1 heterocycles. The molecule has 0 saturated heterocycles. The van der Waals surface area contributed by atoms with Gasteiger partial charge in [-0.25, -0.2) is 9.97 Å². The summed E-state index contributed by atoms with van der Waals surface area (Å²) in [5, 5.41) is 0. The predicted molar refractivity (Wildman–Crippen MR) is 66.2 cm³/mol. The topological polar surface area (TPSA) is 77.8 Å². The van der Waals surface area contributed by atoms with E-state index in [9.17, 15) is 0 Å². The van der Waals surface area contributed by atoms with Crippen molar-refractivity contribution in [2.75, 3.05) is 11.5 Å². The van der Waals surface area contributed by atoms with Crippen molar-refractivity contribution >= 4 is 23.8 Å². The number of nitrogen functional groups attached to an aromatic ring is 2. The monoisotopic (exact) mass is 212 g/mol. The van der Waals surface area contributed by atoms with Gasteiger partial charge in [0.25, 0.3) is 0 Å². The summed E-state index contributed by atoms with van der Waals surface area (Å²) >= 11 is 0. The SMILES string of the molecule is Nc1ncnc(N)c1C=Cc1ccccc1. The molecule has 0 saturated carbocycles. The zero-order valence-corrected chi connectivity index (χ0v) is 8.67. The molecule has 0 bridgehead atoms. The van der Waals surface area contributed by atoms with Gasteiger partial charge in [-0.05, 0) is 11.6 Å². The maximum absolute atomic E-state index is 5.70. The molecule has 0 aliphatic heterocycles. The Kier molecular flexibility index (Phi) is 2.82. The van der Waals surface area contributed by atoms with Crippen LogP contribution in [0.25, 0.3) is 12.2 Å². The number of hydrogen-bond acceptors (Lipinski definition) is 4. The largest absolute Gasteiger partial charge is 0.383 e. The van der Waals surface area contributed by atoms with Crippen molar-refractivity contribution in [1.29, 1.82) is 0 Å². The van der Waals surface area contributed by atoms with E-state index in [-0.39, 0.29) is 0 Å². The number of rotatable bonds is 2. The van der Waals surface area contributed by atoms with Crippen LogP contribution in [-0.4, -0.2) is 9.97 Å². The molecule has 0 fully saturated rings. The van der Waals surface area contributed by atoms with Crippen molar-refractivity contribution in [3.8, 4) is 0 Å². The van der Waals surface area contributed by atoms with Gasteiger partial charge in [-0.15, -0.1) is 0 Å². The van der Waals surface area contributed by atoms with Crippen molar-refractivity contribution < 1.29 is 0 Å². The van der Waals surface area contributed by atoms with Crippen molar-refractivity contribution in [1.82, 2.24) is 9.97 Å². The first-order chi connectivity index (χ1) is 7.77. The Morgan fingerprint density at radius 1 is 0.875 bits per heavy atom. The fourth-order valence-corrected chi connectivity index (χ4v) is 1.34. The smallest absolute Gasteiger partial charge is 0.136 e. The number of hydrogen-bond donors (Lipinski definition) is 2. The van der Waals surface area contributed by atoms with Gasteiger partial charge in [0, 0.05) is 0 Å². The Morgan fingerprint density at radius 2 is 1.50 bits per heavy atom. The molecular formula is C12H12N4. The summed E-state index contributed by atoms with van der Waals surface area (Å²) in [4.78, 5) is 7.78. The van der Waals surface area contributed by atoms with Crippen LogP contribution in [0.5, 0.6) is 0 Å². The average Bonchev–Trinajstić information content (AvgIpc) is 2.30. The van der Waals surface area contributed by atoms with E-state index in [1.165, 1.54) is 6.33 Å². The molecule has 0 aliphatic carbocycles. The van der Waals surface area contributed by atoms with E-state index in [1.807, 2.05) is 42.5 Å². The summed E-state index contributed by atoms with van der Waals surface area (Å²) in [6.45, 7) is 0. The first-order valence-corrected chi connectivity index (χ1v) is 4.86. The van der Waals surface area contributed by atoms with E-state index in [4.69, 9.17) is 11.5 Å². The van der Waals surface area contributed by atoms with Gasteiger partial charge in [-0.2, -0.15) is 0 Å². The minimum absolute atomic E-state index is 0.389. The summed E-state index contributed by atoms with van der Waals surface area (Å²) in [5.74, 6) is 0.777. The lowest BCUT2D eigenvalue weighted by atomic mass is 10.1. The van der Waals surface area contributed by atoms with Crippen LogP contribution in [0.2, 0.25) is 0 Å². The average molecular weight is 212 g/mol. The molecule has 80 valence electrons. The lowest BCUT2D eigenvalue weighted by Gasteiger charge is -2.01. The van der Waals surface area contributed by atoms with Gasteiger partial charge < -0.3 is 11.5 Å². The molecule has 4 N–H and O–H groups in total. The second-order valence-corrected chi connectivity index (χ2v) is 3.30. The highest BCUT2D eigenvalue weighted by molar-refractivity contribution is 5.79. The van der Waals surface area contributed by atoms with Crippen LogP contribution in [0.3, 0.4) is 0 Å². The lowest BCUT2D eigenvalue weighted by molar-refractivity contribution is 1.18. The normalized spacial score (nSPS) is 10.8. The van der Waals surface area contributed by atoms with Gasteiger partial charge in [0.2, 0.25) is 0 Å². The molecule has 0 aliphatic rings. The Hall–Kier alpha value is -2.36. The van der Waals surface area contributed by atoms with E-state index in [0.29, 0.717) is 17.2 Å². The zero-order valence-electron chi connectivity index (χ0n) is 8.67. The molecule has 1 aromatic heterocycles. The molecule has 1 aromatic carbocycles. The number of benzene rings is 1. The van der Waals surface area contributed by atoms with Crippen LogP contribution in [0.15, 0.2) is 36.7 Å². The minimum atomic E-state index is 0.389. The summed E-state index contributed by atoms with van der Waals surface area (Å²) in [7, 11) is 0. The Labute approximate surface area is 93.6 Å². The van der Waals surface area contributed by atoms with Crippen LogP contribution in [0, 0.1) is 0 Å². The summed E-state index contributed by atoms with van der Waals surface area (Å²) in [6.07, 6.45) is 5.09. The Morgan fingerprint density at radius 3 is 2.12 bits per heavy atom. The van der Waals surface area contributed by atoms with E-state index in [2.05, 4.69) is 9.97 Å². The van der Waals surface area contributed by atoms with E-state index < -0.39 is 0 Å². The van der Waals surface area contributed by atoms with Gasteiger partial charge in [0.05, 0.1) is 5.56 Å². The maximum Gasteiger partial charge on any atom is 0.136 e. The minimum Gasteiger partial charge on any atom is -0.383 e. The lowest BCUT2D eigenvalue weighted by Crippen LogP contribution is -2.00. The molecule has 4 nitrogen and oxygen atoms in total. The number of anilines is 2. The van der Waals surface area contributed by atoms with E-state index >= 15 is 0 Å². The molecule has 0 spiro atoms. The van der Waals surface area contributed by atoms with Crippen molar-refractivity contribution in [3.63, 3.8) is 0 Å². The molecule has 0 atom stereocenters. The molecule has 0 amide bonds. The quantitative estimate of drug-likeness (QED) is 0.795. The van der Waals surface area contributed by atoms with Crippen LogP contribution in [0.4, 0.5) is 11.6 Å². The molecule has 0 unspecified atom stereocenters. The standard InChI is InChI=1S/C12H12N4/c13-11-10(12(14)16-8-15-11)7-6-9-4-2-1-3-5-9/h1-8H,(H4,13,14,15,16). The van der Waals surface area contributed by atoms with Crippen LogP contribution in [-0.2, 0) is 0 Å². The van der Waals surface area contributed by atoms with E-state index in [1.54, 1.807) is 0 Å². The Balaban J connectivity index is 2.31. The molecule has 2 rings (SSSR count). The summed E-state index contributed by atoms with van der Waals surface area (Å²) in [5.41, 5.74) is 13.1. The van der Waals surface area contributed by atoms with Gasteiger partial charge >= 0.3 is 0 Å². The van der Waals surface area contributed by atoms with Crippen LogP contribution < -0.4 is 11.5 Å².